The zero-order valence-corrected chi connectivity index (χ0v) is 38.4. The number of benzene rings is 4. The van der Waals surface area contributed by atoms with Gasteiger partial charge in [-0.2, -0.15) is 0 Å². The van der Waals surface area contributed by atoms with Crippen molar-refractivity contribution in [1.29, 1.82) is 0 Å². The molecule has 3 heteroatoms. The number of hydrogen-bond acceptors (Lipinski definition) is 0. The molecular weight excluding hydrogens is 787 g/mol. The van der Waals surface area contributed by atoms with Crippen LogP contribution in [0.15, 0.2) is 111 Å². The molecule has 0 nitrogen and oxygen atoms in total. The fourth-order valence-electron chi connectivity index (χ4n) is 12.1. The van der Waals surface area contributed by atoms with Crippen molar-refractivity contribution in [2.24, 2.45) is 29.1 Å². The van der Waals surface area contributed by atoms with E-state index < -0.39 is 21.3 Å². The largest absolute Gasteiger partial charge is 1.00 e. The fraction of sp³-hybridized carbons (Fsp3) is 0.442. The molecule has 0 aromatic heterocycles. The Morgan fingerprint density at radius 2 is 1.16 bits per heavy atom. The van der Waals surface area contributed by atoms with Crippen molar-refractivity contribution in [3.05, 3.63) is 145 Å². The zero-order valence-electron chi connectivity index (χ0n) is 34.5. The predicted octanol–water partition coefficient (Wildman–Crippen LogP) is 6.83. The molecule has 0 heterocycles. The summed E-state index contributed by atoms with van der Waals surface area (Å²) in [6.45, 7) is 19.2. The van der Waals surface area contributed by atoms with Gasteiger partial charge < -0.3 is 24.8 Å². The Morgan fingerprint density at radius 3 is 1.69 bits per heavy atom. The van der Waals surface area contributed by atoms with E-state index in [-0.39, 0.29) is 35.6 Å². The van der Waals surface area contributed by atoms with Gasteiger partial charge in [0.15, 0.2) is 0 Å². The molecule has 0 spiro atoms. The topological polar surface area (TPSA) is 0 Å². The van der Waals surface area contributed by atoms with Crippen LogP contribution in [0.1, 0.15) is 134 Å². The first-order chi connectivity index (χ1) is 25.3. The van der Waals surface area contributed by atoms with Gasteiger partial charge in [0.25, 0.3) is 0 Å². The van der Waals surface area contributed by atoms with Crippen LogP contribution < -0.4 is 28.1 Å². The molecule has 4 aromatic rings. The van der Waals surface area contributed by atoms with Gasteiger partial charge in [0.05, 0.1) is 0 Å². The van der Waals surface area contributed by atoms with Gasteiger partial charge >= 0.3 is 330 Å². The molecule has 6 aliphatic carbocycles. The molecule has 1 atom stereocenters. The Hall–Kier alpha value is -2.31. The van der Waals surface area contributed by atoms with E-state index in [0.717, 1.165) is 24.2 Å². The molecule has 1 unspecified atom stereocenters. The van der Waals surface area contributed by atoms with Crippen LogP contribution in [0.3, 0.4) is 0 Å². The van der Waals surface area contributed by atoms with Crippen LogP contribution in [0.25, 0.3) is 11.1 Å². The van der Waals surface area contributed by atoms with Crippen molar-refractivity contribution in [2.75, 3.05) is 0 Å². The van der Waals surface area contributed by atoms with Crippen LogP contribution in [-0.4, -0.2) is 3.21 Å². The van der Waals surface area contributed by atoms with E-state index >= 15 is 0 Å². The van der Waals surface area contributed by atoms with Crippen molar-refractivity contribution in [2.45, 2.75) is 118 Å². The minimum absolute atomic E-state index is 0. The summed E-state index contributed by atoms with van der Waals surface area (Å²) >= 11 is -2.90. The van der Waals surface area contributed by atoms with Crippen LogP contribution in [0.5, 0.6) is 0 Å². The minimum atomic E-state index is -2.90. The second kappa shape index (κ2) is 15.1. The van der Waals surface area contributed by atoms with Gasteiger partial charge in [0.1, 0.15) is 0 Å². The molecule has 0 aliphatic heterocycles. The summed E-state index contributed by atoms with van der Waals surface area (Å²) in [4.78, 5) is 0. The molecule has 4 bridgehead atoms. The van der Waals surface area contributed by atoms with Crippen molar-refractivity contribution < 1.29 is 46.1 Å². The normalized spacial score (nSPS) is 24.7. The number of rotatable bonds is 6. The predicted molar refractivity (Wildman–Crippen MR) is 223 cm³/mol. The molecule has 6 aliphatic rings. The maximum absolute atomic E-state index is 2.90. The standard InChI is InChI=1S/C21H26.C18H25.C13H9.2ClH.Zr/c1-20(2,3)18-11-7-16(8-12-18)15-17-9-13-19(14-10-17)21(4,5)6;1-12-3-13(2)17(4-12)11-18-8-14-5-15(9-18)7-16(6-14)10-18;1-3-7-12-10(5-1)9-11-6-2-4-8-13(11)12;;;/h7-14H,1-6H3;4,12,14-16H,5-11H2,1-2H3;1-5,7-8H,9H2;2*1H;/q;;;;;+2/p-2. The Morgan fingerprint density at radius 1 is 0.655 bits per heavy atom. The molecule has 4 aromatic carbocycles. The first-order valence-corrected chi connectivity index (χ1v) is 24.5. The molecule has 4 saturated carbocycles. The smallest absolute Gasteiger partial charge is 1.00 e. The Labute approximate surface area is 352 Å². The summed E-state index contributed by atoms with van der Waals surface area (Å²) < 4.78 is 5.18. The van der Waals surface area contributed by atoms with Gasteiger partial charge in [0, 0.05) is 0 Å². The summed E-state index contributed by atoms with van der Waals surface area (Å²) in [6.07, 6.45) is 14.2. The average Bonchev–Trinajstić information content (AvgIpc) is 3.61. The summed E-state index contributed by atoms with van der Waals surface area (Å²) in [5, 5.41) is 0. The second-order valence-corrected chi connectivity index (χ2v) is 25.9. The van der Waals surface area contributed by atoms with E-state index in [1.807, 2.05) is 3.28 Å². The van der Waals surface area contributed by atoms with Crippen molar-refractivity contribution in [3.8, 4) is 11.1 Å². The van der Waals surface area contributed by atoms with Gasteiger partial charge in [-0.25, -0.2) is 0 Å². The summed E-state index contributed by atoms with van der Waals surface area (Å²) in [5.74, 6) is 3.47. The monoisotopic (exact) mass is 844 g/mol. The van der Waals surface area contributed by atoms with Crippen molar-refractivity contribution in [3.63, 3.8) is 0 Å². The molecule has 286 valence electrons. The van der Waals surface area contributed by atoms with Crippen molar-refractivity contribution in [1.82, 2.24) is 0 Å². The zero-order chi connectivity index (χ0) is 36.9. The van der Waals surface area contributed by atoms with Gasteiger partial charge in [-0.1, -0.05) is 0 Å². The molecular formula is C52H60Cl2Zr. The number of fused-ring (bicyclic) bond motifs is 3. The third kappa shape index (κ3) is 7.47. The summed E-state index contributed by atoms with van der Waals surface area (Å²) in [7, 11) is 0. The first kappa shape index (κ1) is 40.9. The average molecular weight is 847 g/mol. The Balaban J connectivity index is 0.00000233. The molecule has 0 N–H and O–H groups in total. The van der Waals surface area contributed by atoms with E-state index in [4.69, 9.17) is 0 Å². The number of hydrogen-bond donors (Lipinski definition) is 0. The Bertz CT molecular complexity index is 2090. The van der Waals surface area contributed by atoms with E-state index in [9.17, 15) is 0 Å². The van der Waals surface area contributed by atoms with Crippen LogP contribution in [0.4, 0.5) is 0 Å². The molecule has 0 radical (unpaired) electrons. The second-order valence-electron chi connectivity index (χ2n) is 20.2. The summed E-state index contributed by atoms with van der Waals surface area (Å²) in [6, 6.07) is 36.3. The quantitative estimate of drug-likeness (QED) is 0.176. The molecule has 0 saturated heterocycles. The minimum Gasteiger partial charge on any atom is -1.00 e. The van der Waals surface area contributed by atoms with Crippen LogP contribution in [-0.2, 0) is 38.5 Å². The number of allylic oxidation sites excluding steroid dienone is 4. The number of halogens is 2. The van der Waals surface area contributed by atoms with Crippen LogP contribution in [0.2, 0.25) is 0 Å². The summed E-state index contributed by atoms with van der Waals surface area (Å²) in [5.41, 5.74) is 15.9. The van der Waals surface area contributed by atoms with Crippen LogP contribution in [0, 0.1) is 29.1 Å². The third-order valence-corrected chi connectivity index (χ3v) is 22.7. The van der Waals surface area contributed by atoms with Gasteiger partial charge in [-0.15, -0.1) is 0 Å². The first-order valence-electron chi connectivity index (χ1n) is 20.9. The van der Waals surface area contributed by atoms with E-state index in [2.05, 4.69) is 152 Å². The van der Waals surface area contributed by atoms with Gasteiger partial charge in [-0.05, 0) is 0 Å². The third-order valence-electron chi connectivity index (χ3n) is 14.2. The molecule has 10 rings (SSSR count). The van der Waals surface area contributed by atoms with E-state index in [0.29, 0.717) is 11.3 Å². The molecule has 55 heavy (non-hydrogen) atoms. The fourth-order valence-corrected chi connectivity index (χ4v) is 20.9. The SMILES string of the molecule is CC1=[C]([Zr+2](=[C](c2ccc(C(C)(C)C)cc2)c2ccc(C(C)(C)C)cc2)[c]2cccc3c2Cc2ccccc2-3)C(C)C=C1CC12CC3CC(CC(C3)C1)C2.[Cl-].[Cl-]. The maximum atomic E-state index is 2.77. The van der Waals surface area contributed by atoms with E-state index in [1.165, 1.54) is 83.9 Å². The van der Waals surface area contributed by atoms with Crippen molar-refractivity contribution >= 4 is 6.48 Å². The van der Waals surface area contributed by atoms with E-state index in [1.54, 1.807) is 23.2 Å². The van der Waals surface area contributed by atoms with Gasteiger partial charge in [0.2, 0.25) is 0 Å². The maximum Gasteiger partial charge on any atom is -1.00 e. The Kier molecular flexibility index (Phi) is 11.2. The van der Waals surface area contributed by atoms with Gasteiger partial charge in [-0.3, -0.25) is 0 Å². The van der Waals surface area contributed by atoms with Crippen LogP contribution >= 0.6 is 0 Å². The molecule has 4 fully saturated rings. The molecule has 0 amide bonds.